The SMILES string of the molecule is CC(=O)OCc1ccc(OC(C)=O)c(COC(C)=O)n1.Cl. The van der Waals surface area contributed by atoms with Crippen LogP contribution in [0.3, 0.4) is 0 Å². The van der Waals surface area contributed by atoms with E-state index in [1.54, 1.807) is 6.07 Å². The van der Waals surface area contributed by atoms with Gasteiger partial charge in [0.15, 0.2) is 5.75 Å². The van der Waals surface area contributed by atoms with E-state index in [0.29, 0.717) is 5.69 Å². The molecule has 0 aliphatic carbocycles. The van der Waals surface area contributed by atoms with Gasteiger partial charge in [0.25, 0.3) is 0 Å². The summed E-state index contributed by atoms with van der Waals surface area (Å²) in [5.74, 6) is -1.22. The van der Waals surface area contributed by atoms with Gasteiger partial charge in [0, 0.05) is 20.8 Å². The van der Waals surface area contributed by atoms with Crippen LogP contribution in [-0.4, -0.2) is 22.9 Å². The van der Waals surface area contributed by atoms with E-state index in [9.17, 15) is 14.4 Å². The zero-order valence-corrected chi connectivity index (χ0v) is 12.7. The summed E-state index contributed by atoms with van der Waals surface area (Å²) in [5.41, 5.74) is 0.735. The maximum absolute atomic E-state index is 11.0. The predicted molar refractivity (Wildman–Crippen MR) is 73.7 cm³/mol. The van der Waals surface area contributed by atoms with Gasteiger partial charge in [-0.2, -0.15) is 0 Å². The number of hydrogen-bond acceptors (Lipinski definition) is 7. The van der Waals surface area contributed by atoms with Crippen molar-refractivity contribution in [3.8, 4) is 5.75 Å². The zero-order chi connectivity index (χ0) is 15.1. The van der Waals surface area contributed by atoms with Gasteiger partial charge in [-0.05, 0) is 12.1 Å². The average Bonchev–Trinajstić information content (AvgIpc) is 2.35. The molecule has 1 rings (SSSR count). The highest BCUT2D eigenvalue weighted by molar-refractivity contribution is 5.85. The quantitative estimate of drug-likeness (QED) is 0.761. The molecule has 7 nitrogen and oxygen atoms in total. The number of pyridine rings is 1. The van der Waals surface area contributed by atoms with E-state index in [4.69, 9.17) is 14.2 Å². The minimum absolute atomic E-state index is 0. The number of carbonyl (C=O) groups is 3. The molecule has 0 fully saturated rings. The summed E-state index contributed by atoms with van der Waals surface area (Å²) in [6, 6.07) is 3.06. The molecule has 0 aliphatic heterocycles. The lowest BCUT2D eigenvalue weighted by atomic mass is 10.3. The standard InChI is InChI=1S/C13H15NO6.ClH/c1-8(15)18-6-11-4-5-13(20-10(3)17)12(14-11)7-19-9(2)16;/h4-5H,6-7H2,1-3H3;1H. The van der Waals surface area contributed by atoms with Crippen LogP contribution in [0, 0.1) is 0 Å². The van der Waals surface area contributed by atoms with Crippen LogP contribution in [0.1, 0.15) is 32.2 Å². The van der Waals surface area contributed by atoms with Crippen LogP contribution in [-0.2, 0) is 37.1 Å². The third-order valence-electron chi connectivity index (χ3n) is 2.08. The van der Waals surface area contributed by atoms with Crippen LogP contribution >= 0.6 is 12.4 Å². The Labute approximate surface area is 128 Å². The molecule has 0 N–H and O–H groups in total. The summed E-state index contributed by atoms with van der Waals surface area (Å²) >= 11 is 0. The molecule has 0 atom stereocenters. The lowest BCUT2D eigenvalue weighted by molar-refractivity contribution is -0.143. The summed E-state index contributed by atoms with van der Waals surface area (Å²) in [6.45, 7) is 3.65. The molecule has 0 bridgehead atoms. The van der Waals surface area contributed by atoms with Gasteiger partial charge in [-0.3, -0.25) is 14.4 Å². The van der Waals surface area contributed by atoms with Gasteiger partial charge >= 0.3 is 17.9 Å². The van der Waals surface area contributed by atoms with Crippen molar-refractivity contribution in [1.82, 2.24) is 4.98 Å². The minimum Gasteiger partial charge on any atom is -0.459 e. The van der Waals surface area contributed by atoms with Crippen LogP contribution in [0.2, 0.25) is 0 Å². The molecule has 21 heavy (non-hydrogen) atoms. The molecule has 0 radical (unpaired) electrons. The Balaban J connectivity index is 0.00000400. The third-order valence-corrected chi connectivity index (χ3v) is 2.08. The fraction of sp³-hybridized carbons (Fsp3) is 0.385. The van der Waals surface area contributed by atoms with Gasteiger partial charge in [-0.15, -0.1) is 12.4 Å². The van der Waals surface area contributed by atoms with E-state index in [1.165, 1.54) is 26.8 Å². The molecule has 0 spiro atoms. The van der Waals surface area contributed by atoms with Gasteiger partial charge in [-0.1, -0.05) is 0 Å². The van der Waals surface area contributed by atoms with Gasteiger partial charge in [0.2, 0.25) is 0 Å². The van der Waals surface area contributed by atoms with Crippen LogP contribution in [0.25, 0.3) is 0 Å². The normalized spacial score (nSPS) is 9.29. The Morgan fingerprint density at radius 2 is 1.52 bits per heavy atom. The topological polar surface area (TPSA) is 91.8 Å². The Morgan fingerprint density at radius 3 is 2.05 bits per heavy atom. The lowest BCUT2D eigenvalue weighted by Crippen LogP contribution is -2.10. The molecule has 0 aromatic carbocycles. The Kier molecular flexibility index (Phi) is 8.00. The van der Waals surface area contributed by atoms with Gasteiger partial charge in [0.05, 0.1) is 5.69 Å². The molecule has 0 amide bonds. The van der Waals surface area contributed by atoms with E-state index in [1.807, 2.05) is 0 Å². The summed E-state index contributed by atoms with van der Waals surface area (Å²) in [6.07, 6.45) is 0. The maximum Gasteiger partial charge on any atom is 0.308 e. The summed E-state index contributed by atoms with van der Waals surface area (Å²) < 4.78 is 14.6. The van der Waals surface area contributed by atoms with Crippen molar-refractivity contribution in [2.24, 2.45) is 0 Å². The molecule has 1 heterocycles. The second-order valence-corrected chi connectivity index (χ2v) is 3.90. The number of ether oxygens (including phenoxy) is 3. The molecule has 1 aromatic heterocycles. The average molecular weight is 318 g/mol. The molecular weight excluding hydrogens is 302 g/mol. The lowest BCUT2D eigenvalue weighted by Gasteiger charge is -2.10. The van der Waals surface area contributed by atoms with Gasteiger partial charge in [-0.25, -0.2) is 4.98 Å². The number of halogens is 1. The Morgan fingerprint density at radius 1 is 0.952 bits per heavy atom. The first-order chi connectivity index (χ1) is 9.38. The maximum atomic E-state index is 11.0. The Hall–Kier alpha value is -2.15. The van der Waals surface area contributed by atoms with Crippen molar-refractivity contribution in [1.29, 1.82) is 0 Å². The van der Waals surface area contributed by atoms with Crippen LogP contribution in [0.5, 0.6) is 5.75 Å². The van der Waals surface area contributed by atoms with Crippen molar-refractivity contribution in [2.45, 2.75) is 34.0 Å². The fourth-order valence-corrected chi connectivity index (χ4v) is 1.31. The van der Waals surface area contributed by atoms with Crippen molar-refractivity contribution >= 4 is 30.3 Å². The van der Waals surface area contributed by atoms with Gasteiger partial charge in [0.1, 0.15) is 18.9 Å². The summed E-state index contributed by atoms with van der Waals surface area (Å²) in [4.78, 5) is 36.7. The van der Waals surface area contributed by atoms with E-state index >= 15 is 0 Å². The van der Waals surface area contributed by atoms with Crippen molar-refractivity contribution < 1.29 is 28.6 Å². The minimum atomic E-state index is -0.511. The van der Waals surface area contributed by atoms with E-state index < -0.39 is 17.9 Å². The molecule has 116 valence electrons. The molecule has 1 aromatic rings. The molecule has 8 heteroatoms. The van der Waals surface area contributed by atoms with Crippen molar-refractivity contribution in [2.75, 3.05) is 0 Å². The van der Waals surface area contributed by atoms with E-state index in [-0.39, 0.29) is 37.1 Å². The molecule has 0 saturated heterocycles. The smallest absolute Gasteiger partial charge is 0.308 e. The highest BCUT2D eigenvalue weighted by Gasteiger charge is 2.11. The monoisotopic (exact) mass is 317 g/mol. The van der Waals surface area contributed by atoms with E-state index in [0.717, 1.165) is 0 Å². The number of hydrogen-bond donors (Lipinski definition) is 0. The predicted octanol–water partition coefficient (Wildman–Crippen LogP) is 1.55. The molecule has 0 aliphatic rings. The van der Waals surface area contributed by atoms with Crippen LogP contribution < -0.4 is 4.74 Å². The number of esters is 3. The Bertz CT molecular complexity index is 531. The number of carbonyl (C=O) groups excluding carboxylic acids is 3. The summed E-state index contributed by atoms with van der Waals surface area (Å²) in [5, 5.41) is 0. The first kappa shape index (κ1) is 18.9. The highest BCUT2D eigenvalue weighted by atomic mass is 35.5. The van der Waals surface area contributed by atoms with Crippen molar-refractivity contribution in [3.63, 3.8) is 0 Å². The number of aromatic nitrogens is 1. The fourth-order valence-electron chi connectivity index (χ4n) is 1.31. The second-order valence-electron chi connectivity index (χ2n) is 3.90. The number of nitrogens with zero attached hydrogens (tertiary/aromatic N) is 1. The van der Waals surface area contributed by atoms with Gasteiger partial charge < -0.3 is 14.2 Å². The first-order valence-electron chi connectivity index (χ1n) is 5.82. The molecule has 0 unspecified atom stereocenters. The molecule has 0 saturated carbocycles. The zero-order valence-electron chi connectivity index (χ0n) is 11.9. The number of rotatable bonds is 5. The highest BCUT2D eigenvalue weighted by Crippen LogP contribution is 2.19. The largest absolute Gasteiger partial charge is 0.459 e. The van der Waals surface area contributed by atoms with Crippen LogP contribution in [0.15, 0.2) is 12.1 Å². The van der Waals surface area contributed by atoms with Crippen LogP contribution in [0.4, 0.5) is 0 Å². The van der Waals surface area contributed by atoms with E-state index in [2.05, 4.69) is 4.98 Å². The third kappa shape index (κ3) is 7.26. The summed E-state index contributed by atoms with van der Waals surface area (Å²) in [7, 11) is 0. The molecular formula is C13H16ClNO6. The first-order valence-corrected chi connectivity index (χ1v) is 5.82. The second kappa shape index (κ2) is 8.91. The van der Waals surface area contributed by atoms with Crippen molar-refractivity contribution in [3.05, 3.63) is 23.5 Å².